The summed E-state index contributed by atoms with van der Waals surface area (Å²) in [5, 5.41) is 3.34. The first-order valence-electron chi connectivity index (χ1n) is 8.06. The molecule has 5 heteroatoms. The van der Waals surface area contributed by atoms with E-state index < -0.39 is 0 Å². The number of ether oxygens (including phenoxy) is 1. The van der Waals surface area contributed by atoms with Gasteiger partial charge in [-0.1, -0.05) is 6.92 Å². The molecule has 0 saturated carbocycles. The molecule has 0 aliphatic carbocycles. The predicted molar refractivity (Wildman–Crippen MR) is 85.5 cm³/mol. The van der Waals surface area contributed by atoms with Crippen LogP contribution in [-0.4, -0.2) is 47.7 Å². The molecule has 21 heavy (non-hydrogen) atoms. The normalized spacial score (nSPS) is 19.0. The summed E-state index contributed by atoms with van der Waals surface area (Å²) in [6, 6.07) is 2.00. The van der Waals surface area contributed by atoms with Crippen molar-refractivity contribution >= 4 is 5.82 Å². The molecule has 1 unspecified atom stereocenters. The van der Waals surface area contributed by atoms with Crippen molar-refractivity contribution in [3.05, 3.63) is 17.6 Å². The van der Waals surface area contributed by atoms with Crippen LogP contribution in [0.25, 0.3) is 0 Å². The van der Waals surface area contributed by atoms with Crippen molar-refractivity contribution in [2.24, 2.45) is 0 Å². The monoisotopic (exact) mass is 292 g/mol. The fraction of sp³-hybridized carbons (Fsp3) is 0.750. The lowest BCUT2D eigenvalue weighted by atomic mass is 10.1. The Bertz CT molecular complexity index is 432. The zero-order chi connectivity index (χ0) is 15.1. The van der Waals surface area contributed by atoms with Gasteiger partial charge in [-0.05, 0) is 39.7 Å². The summed E-state index contributed by atoms with van der Waals surface area (Å²) < 4.78 is 5.79. The summed E-state index contributed by atoms with van der Waals surface area (Å²) in [5.74, 6) is 1.81. The number of anilines is 1. The number of nitrogens with one attached hydrogen (secondary N) is 1. The second-order valence-corrected chi connectivity index (χ2v) is 5.92. The maximum Gasteiger partial charge on any atom is 0.144 e. The summed E-state index contributed by atoms with van der Waals surface area (Å²) in [6.07, 6.45) is 5.11. The molecule has 1 aromatic rings. The van der Waals surface area contributed by atoms with E-state index in [-0.39, 0.29) is 0 Å². The largest absolute Gasteiger partial charge is 0.377 e. The van der Waals surface area contributed by atoms with Crippen LogP contribution in [-0.2, 0) is 11.3 Å². The van der Waals surface area contributed by atoms with Crippen LogP contribution in [0.4, 0.5) is 5.82 Å². The van der Waals surface area contributed by atoms with Gasteiger partial charge in [-0.3, -0.25) is 4.90 Å². The summed E-state index contributed by atoms with van der Waals surface area (Å²) in [7, 11) is 2.11. The van der Waals surface area contributed by atoms with Crippen LogP contribution in [0.3, 0.4) is 0 Å². The highest BCUT2D eigenvalue weighted by molar-refractivity contribution is 5.35. The molecular weight excluding hydrogens is 264 g/mol. The molecular formula is C16H28N4O. The molecule has 5 nitrogen and oxygen atoms in total. The van der Waals surface area contributed by atoms with Crippen LogP contribution in [0.2, 0.25) is 0 Å². The Labute approximate surface area is 128 Å². The first-order valence-corrected chi connectivity index (χ1v) is 8.06. The molecule has 1 aliphatic heterocycles. The van der Waals surface area contributed by atoms with Gasteiger partial charge in [0.1, 0.15) is 11.6 Å². The molecule has 1 aromatic heterocycles. The number of aromatic nitrogens is 2. The van der Waals surface area contributed by atoms with Crippen LogP contribution in [0.15, 0.2) is 6.07 Å². The number of nitrogens with zero attached hydrogens (tertiary/aromatic N) is 3. The molecule has 2 rings (SSSR count). The topological polar surface area (TPSA) is 50.3 Å². The van der Waals surface area contributed by atoms with Crippen molar-refractivity contribution in [3.8, 4) is 0 Å². The van der Waals surface area contributed by atoms with Gasteiger partial charge in [0.05, 0.1) is 12.6 Å². The third kappa shape index (κ3) is 5.59. The summed E-state index contributed by atoms with van der Waals surface area (Å²) in [6.45, 7) is 7.75. The van der Waals surface area contributed by atoms with Crippen LogP contribution >= 0.6 is 0 Å². The molecule has 0 bridgehead atoms. The van der Waals surface area contributed by atoms with E-state index in [0.29, 0.717) is 6.10 Å². The van der Waals surface area contributed by atoms with Gasteiger partial charge in [0.2, 0.25) is 0 Å². The molecule has 0 radical (unpaired) electrons. The van der Waals surface area contributed by atoms with Crippen molar-refractivity contribution in [1.29, 1.82) is 0 Å². The third-order valence-corrected chi connectivity index (χ3v) is 3.66. The Morgan fingerprint density at radius 2 is 2.24 bits per heavy atom. The SMILES string of the molecule is CCCNc1cc(C)nc(CN(C)CC2CCCCO2)n1. The highest BCUT2D eigenvalue weighted by Gasteiger charge is 2.16. The Balaban J connectivity index is 1.89. The van der Waals surface area contributed by atoms with Gasteiger partial charge in [-0.15, -0.1) is 0 Å². The number of rotatable bonds is 7. The molecule has 0 spiro atoms. The van der Waals surface area contributed by atoms with Crippen LogP contribution in [0.5, 0.6) is 0 Å². The van der Waals surface area contributed by atoms with Crippen LogP contribution in [0.1, 0.15) is 44.1 Å². The number of hydrogen-bond acceptors (Lipinski definition) is 5. The Morgan fingerprint density at radius 1 is 1.38 bits per heavy atom. The minimum atomic E-state index is 0.367. The highest BCUT2D eigenvalue weighted by atomic mass is 16.5. The van der Waals surface area contributed by atoms with Crippen molar-refractivity contribution in [3.63, 3.8) is 0 Å². The zero-order valence-electron chi connectivity index (χ0n) is 13.6. The summed E-state index contributed by atoms with van der Waals surface area (Å²) >= 11 is 0. The lowest BCUT2D eigenvalue weighted by Gasteiger charge is -2.27. The van der Waals surface area contributed by atoms with E-state index in [9.17, 15) is 0 Å². The van der Waals surface area contributed by atoms with E-state index in [1.165, 1.54) is 19.3 Å². The fourth-order valence-electron chi connectivity index (χ4n) is 2.65. The minimum absolute atomic E-state index is 0.367. The molecule has 1 N–H and O–H groups in total. The third-order valence-electron chi connectivity index (χ3n) is 3.66. The molecule has 1 fully saturated rings. The second kappa shape index (κ2) is 8.29. The number of hydrogen-bond donors (Lipinski definition) is 1. The van der Waals surface area contributed by atoms with E-state index >= 15 is 0 Å². The van der Waals surface area contributed by atoms with Gasteiger partial charge in [0, 0.05) is 31.5 Å². The molecule has 0 amide bonds. The molecule has 1 saturated heterocycles. The van der Waals surface area contributed by atoms with Gasteiger partial charge in [-0.2, -0.15) is 0 Å². The van der Waals surface area contributed by atoms with E-state index in [2.05, 4.69) is 34.2 Å². The van der Waals surface area contributed by atoms with Crippen LogP contribution < -0.4 is 5.32 Å². The lowest BCUT2D eigenvalue weighted by Crippen LogP contribution is -2.33. The molecule has 0 aromatic carbocycles. The molecule has 118 valence electrons. The fourth-order valence-corrected chi connectivity index (χ4v) is 2.65. The molecule has 2 heterocycles. The Hall–Kier alpha value is -1.20. The molecule has 1 aliphatic rings. The van der Waals surface area contributed by atoms with Crippen molar-refractivity contribution < 1.29 is 4.74 Å². The molecule has 1 atom stereocenters. The summed E-state index contributed by atoms with van der Waals surface area (Å²) in [5.41, 5.74) is 1.01. The van der Waals surface area contributed by atoms with Crippen LogP contribution in [0, 0.1) is 6.92 Å². The quantitative estimate of drug-likeness (QED) is 0.837. The van der Waals surface area contributed by atoms with Crippen molar-refractivity contribution in [2.75, 3.05) is 32.1 Å². The zero-order valence-corrected chi connectivity index (χ0v) is 13.6. The smallest absolute Gasteiger partial charge is 0.144 e. The van der Waals surface area contributed by atoms with E-state index in [1.54, 1.807) is 0 Å². The maximum atomic E-state index is 5.79. The van der Waals surface area contributed by atoms with E-state index in [1.807, 2.05) is 13.0 Å². The van der Waals surface area contributed by atoms with Crippen molar-refractivity contribution in [2.45, 2.75) is 52.2 Å². The minimum Gasteiger partial charge on any atom is -0.377 e. The van der Waals surface area contributed by atoms with Gasteiger partial charge < -0.3 is 10.1 Å². The van der Waals surface area contributed by atoms with Gasteiger partial charge in [-0.25, -0.2) is 9.97 Å². The second-order valence-electron chi connectivity index (χ2n) is 5.92. The van der Waals surface area contributed by atoms with Gasteiger partial charge >= 0.3 is 0 Å². The summed E-state index contributed by atoms with van der Waals surface area (Å²) in [4.78, 5) is 11.4. The van der Waals surface area contributed by atoms with Gasteiger partial charge in [0.25, 0.3) is 0 Å². The number of likely N-dealkylation sites (N-methyl/N-ethyl adjacent to an activating group) is 1. The lowest BCUT2D eigenvalue weighted by molar-refractivity contribution is -0.00291. The maximum absolute atomic E-state index is 5.79. The average molecular weight is 292 g/mol. The highest BCUT2D eigenvalue weighted by Crippen LogP contribution is 2.14. The first-order chi connectivity index (χ1) is 10.2. The standard InChI is InChI=1S/C16H28N4O/c1-4-8-17-15-10-13(2)18-16(19-15)12-20(3)11-14-7-5-6-9-21-14/h10,14H,4-9,11-12H2,1-3H3,(H,17,18,19). The van der Waals surface area contributed by atoms with E-state index in [0.717, 1.165) is 50.0 Å². The van der Waals surface area contributed by atoms with Gasteiger partial charge in [0.15, 0.2) is 0 Å². The predicted octanol–water partition coefficient (Wildman–Crippen LogP) is 2.61. The number of aryl methyl sites for hydroxylation is 1. The van der Waals surface area contributed by atoms with E-state index in [4.69, 9.17) is 4.74 Å². The first kappa shape index (κ1) is 16.2. The Morgan fingerprint density at radius 3 is 2.95 bits per heavy atom. The Kier molecular flexibility index (Phi) is 6.39. The average Bonchev–Trinajstić information content (AvgIpc) is 2.45. The van der Waals surface area contributed by atoms with Crippen molar-refractivity contribution in [1.82, 2.24) is 14.9 Å².